The third-order valence-electron chi connectivity index (χ3n) is 2.52. The van der Waals surface area contributed by atoms with Gasteiger partial charge in [-0.05, 0) is 13.3 Å². The lowest BCUT2D eigenvalue weighted by Crippen LogP contribution is -2.17. The Morgan fingerprint density at radius 2 is 2.38 bits per heavy atom. The van der Waals surface area contributed by atoms with E-state index in [4.69, 9.17) is 5.84 Å². The molecule has 1 unspecified atom stereocenters. The van der Waals surface area contributed by atoms with Gasteiger partial charge in [-0.25, -0.2) is 15.8 Å². The molecule has 0 bridgehead atoms. The number of nitrogens with zero attached hydrogens (tertiary/aromatic N) is 3. The van der Waals surface area contributed by atoms with Crippen LogP contribution in [0.4, 0.5) is 11.6 Å². The molecule has 0 saturated carbocycles. The molecule has 0 fully saturated rings. The van der Waals surface area contributed by atoms with Crippen LogP contribution in [0.3, 0.4) is 0 Å². The van der Waals surface area contributed by atoms with Crippen LogP contribution < -0.4 is 16.6 Å². The van der Waals surface area contributed by atoms with E-state index in [1.165, 1.54) is 0 Å². The zero-order chi connectivity index (χ0) is 11.5. The van der Waals surface area contributed by atoms with Crippen LogP contribution in [0.25, 0.3) is 5.65 Å². The molecule has 0 saturated heterocycles. The first-order chi connectivity index (χ1) is 7.74. The standard InChI is InChI=1S/C10H16N6/c1-3-7(2)13-9-10-12-4-5-16(10)6-8(14-9)15-11/h4-7,15H,3,11H2,1-2H3,(H,13,14). The summed E-state index contributed by atoms with van der Waals surface area (Å²) in [5, 5.41) is 3.31. The van der Waals surface area contributed by atoms with E-state index >= 15 is 0 Å². The molecule has 0 aromatic carbocycles. The third-order valence-corrected chi connectivity index (χ3v) is 2.52. The molecule has 16 heavy (non-hydrogen) atoms. The van der Waals surface area contributed by atoms with E-state index in [0.29, 0.717) is 11.9 Å². The molecule has 4 N–H and O–H groups in total. The number of nitrogens with two attached hydrogens (primary N) is 1. The van der Waals surface area contributed by atoms with Crippen molar-refractivity contribution >= 4 is 17.3 Å². The Kier molecular flexibility index (Phi) is 2.91. The summed E-state index contributed by atoms with van der Waals surface area (Å²) >= 11 is 0. The molecule has 2 aromatic rings. The predicted molar refractivity (Wildman–Crippen MR) is 64.2 cm³/mol. The molecule has 1 atom stereocenters. The fraction of sp³-hybridized carbons (Fsp3) is 0.400. The third kappa shape index (κ3) is 1.92. The highest BCUT2D eigenvalue weighted by Gasteiger charge is 2.08. The topological polar surface area (TPSA) is 80.3 Å². The SMILES string of the molecule is CCC(C)Nc1nc(NN)cn2ccnc12. The number of hydrogen-bond acceptors (Lipinski definition) is 5. The van der Waals surface area contributed by atoms with E-state index in [-0.39, 0.29) is 0 Å². The van der Waals surface area contributed by atoms with Crippen molar-refractivity contribution in [3.63, 3.8) is 0 Å². The number of aromatic nitrogens is 3. The van der Waals surface area contributed by atoms with Crippen molar-refractivity contribution in [2.75, 3.05) is 10.7 Å². The highest BCUT2D eigenvalue weighted by molar-refractivity contribution is 5.65. The maximum Gasteiger partial charge on any atom is 0.180 e. The zero-order valence-electron chi connectivity index (χ0n) is 9.44. The lowest BCUT2D eigenvalue weighted by Gasteiger charge is -2.13. The van der Waals surface area contributed by atoms with E-state index in [1.807, 2.05) is 10.6 Å². The number of hydrazine groups is 1. The second kappa shape index (κ2) is 4.36. The Morgan fingerprint density at radius 1 is 1.56 bits per heavy atom. The lowest BCUT2D eigenvalue weighted by molar-refractivity contribution is 0.759. The van der Waals surface area contributed by atoms with Crippen LogP contribution in [0.15, 0.2) is 18.6 Å². The molecule has 0 aliphatic rings. The molecular formula is C10H16N6. The fourth-order valence-electron chi connectivity index (χ4n) is 1.43. The average Bonchev–Trinajstić information content (AvgIpc) is 2.76. The quantitative estimate of drug-likeness (QED) is 0.533. The number of nitrogens with one attached hydrogen (secondary N) is 2. The van der Waals surface area contributed by atoms with Gasteiger partial charge in [0.15, 0.2) is 17.3 Å². The number of fused-ring (bicyclic) bond motifs is 1. The van der Waals surface area contributed by atoms with Crippen LogP contribution in [-0.2, 0) is 0 Å². The normalized spacial score (nSPS) is 12.7. The number of imidazole rings is 1. The van der Waals surface area contributed by atoms with Crippen LogP contribution in [0.5, 0.6) is 0 Å². The van der Waals surface area contributed by atoms with Crippen LogP contribution >= 0.6 is 0 Å². The molecule has 86 valence electrons. The largest absolute Gasteiger partial charge is 0.364 e. The predicted octanol–water partition coefficient (Wildman–Crippen LogP) is 1.23. The summed E-state index contributed by atoms with van der Waals surface area (Å²) in [5.41, 5.74) is 3.35. The van der Waals surface area contributed by atoms with Gasteiger partial charge in [-0.2, -0.15) is 0 Å². The second-order valence-electron chi connectivity index (χ2n) is 3.73. The van der Waals surface area contributed by atoms with Gasteiger partial charge in [-0.1, -0.05) is 6.92 Å². The van der Waals surface area contributed by atoms with Crippen molar-refractivity contribution in [1.82, 2.24) is 14.4 Å². The summed E-state index contributed by atoms with van der Waals surface area (Å²) in [5.74, 6) is 6.72. The van der Waals surface area contributed by atoms with Gasteiger partial charge < -0.3 is 15.1 Å². The lowest BCUT2D eigenvalue weighted by atomic mass is 10.2. The molecule has 2 aromatic heterocycles. The van der Waals surface area contributed by atoms with Gasteiger partial charge in [0.2, 0.25) is 0 Å². The van der Waals surface area contributed by atoms with Gasteiger partial charge in [0, 0.05) is 18.4 Å². The van der Waals surface area contributed by atoms with E-state index in [0.717, 1.165) is 17.9 Å². The van der Waals surface area contributed by atoms with Crippen molar-refractivity contribution in [2.45, 2.75) is 26.3 Å². The Bertz CT molecular complexity index is 477. The van der Waals surface area contributed by atoms with Crippen molar-refractivity contribution in [1.29, 1.82) is 0 Å². The van der Waals surface area contributed by atoms with Gasteiger partial charge >= 0.3 is 0 Å². The molecule has 0 radical (unpaired) electrons. The number of rotatable bonds is 4. The van der Waals surface area contributed by atoms with E-state index in [9.17, 15) is 0 Å². The minimum atomic E-state index is 0.348. The molecule has 6 nitrogen and oxygen atoms in total. The smallest absolute Gasteiger partial charge is 0.180 e. The first kappa shape index (κ1) is 10.7. The Labute approximate surface area is 93.9 Å². The van der Waals surface area contributed by atoms with Crippen LogP contribution in [-0.4, -0.2) is 20.4 Å². The maximum absolute atomic E-state index is 5.37. The molecule has 0 spiro atoms. The van der Waals surface area contributed by atoms with E-state index in [2.05, 4.69) is 34.6 Å². The zero-order valence-corrected chi connectivity index (χ0v) is 9.44. The van der Waals surface area contributed by atoms with Gasteiger partial charge in [0.25, 0.3) is 0 Å². The van der Waals surface area contributed by atoms with Crippen molar-refractivity contribution in [3.05, 3.63) is 18.6 Å². The van der Waals surface area contributed by atoms with Crippen LogP contribution in [0, 0.1) is 0 Å². The second-order valence-corrected chi connectivity index (χ2v) is 3.73. The first-order valence-corrected chi connectivity index (χ1v) is 5.31. The van der Waals surface area contributed by atoms with E-state index in [1.54, 1.807) is 12.4 Å². The van der Waals surface area contributed by atoms with Crippen molar-refractivity contribution in [3.8, 4) is 0 Å². The average molecular weight is 220 g/mol. The number of anilines is 2. The first-order valence-electron chi connectivity index (χ1n) is 5.31. The summed E-state index contributed by atoms with van der Waals surface area (Å²) in [7, 11) is 0. The minimum Gasteiger partial charge on any atom is -0.364 e. The fourth-order valence-corrected chi connectivity index (χ4v) is 1.43. The molecule has 2 rings (SSSR count). The highest BCUT2D eigenvalue weighted by atomic mass is 15.3. The van der Waals surface area contributed by atoms with Gasteiger partial charge in [-0.3, -0.25) is 0 Å². The maximum atomic E-state index is 5.37. The molecule has 6 heteroatoms. The molecule has 2 heterocycles. The molecule has 0 amide bonds. The Balaban J connectivity index is 2.44. The number of nitrogen functional groups attached to an aromatic ring is 1. The summed E-state index contributed by atoms with van der Waals surface area (Å²) in [6.07, 6.45) is 6.41. The summed E-state index contributed by atoms with van der Waals surface area (Å²) < 4.78 is 1.88. The summed E-state index contributed by atoms with van der Waals surface area (Å²) in [4.78, 5) is 8.60. The van der Waals surface area contributed by atoms with Gasteiger partial charge in [-0.15, -0.1) is 0 Å². The van der Waals surface area contributed by atoms with Crippen molar-refractivity contribution < 1.29 is 0 Å². The Hall–Kier alpha value is -1.82. The minimum absolute atomic E-state index is 0.348. The Morgan fingerprint density at radius 3 is 3.06 bits per heavy atom. The van der Waals surface area contributed by atoms with Crippen molar-refractivity contribution in [2.24, 2.45) is 5.84 Å². The monoisotopic (exact) mass is 220 g/mol. The highest BCUT2D eigenvalue weighted by Crippen LogP contribution is 2.16. The van der Waals surface area contributed by atoms with Crippen LogP contribution in [0.2, 0.25) is 0 Å². The van der Waals surface area contributed by atoms with Gasteiger partial charge in [0.1, 0.15) is 0 Å². The molecule has 0 aliphatic heterocycles. The molecule has 0 aliphatic carbocycles. The van der Waals surface area contributed by atoms with Crippen LogP contribution in [0.1, 0.15) is 20.3 Å². The van der Waals surface area contributed by atoms with E-state index < -0.39 is 0 Å². The summed E-state index contributed by atoms with van der Waals surface area (Å²) in [6, 6.07) is 0.348. The van der Waals surface area contributed by atoms with Gasteiger partial charge in [0.05, 0.1) is 6.20 Å². The summed E-state index contributed by atoms with van der Waals surface area (Å²) in [6.45, 7) is 4.22. The molecular weight excluding hydrogens is 204 g/mol. The number of hydrogen-bond donors (Lipinski definition) is 3.